The smallest absolute Gasteiger partial charge is 0.419 e. The van der Waals surface area contributed by atoms with E-state index >= 15 is 0 Å². The van der Waals surface area contributed by atoms with Gasteiger partial charge in [0.25, 0.3) is 0 Å². The summed E-state index contributed by atoms with van der Waals surface area (Å²) in [5.41, 5.74) is 0.114. The number of aromatic nitrogens is 8. The molecule has 506 valence electrons. The van der Waals surface area contributed by atoms with Crippen LogP contribution in [0.1, 0.15) is 132 Å². The maximum atomic E-state index is 12.8. The van der Waals surface area contributed by atoms with E-state index in [1.807, 2.05) is 43.4 Å². The number of hydrogen-bond donors (Lipinski definition) is 3. The molecule has 30 nitrogen and oxygen atoms in total. The maximum absolute atomic E-state index is 12.8. The molecule has 4 amide bonds. The lowest BCUT2D eigenvalue weighted by atomic mass is 9.92. The molecule has 4 atom stereocenters. The summed E-state index contributed by atoms with van der Waals surface area (Å²) >= 11 is 0. The molecule has 2 fully saturated rings. The summed E-state index contributed by atoms with van der Waals surface area (Å²) in [4.78, 5) is 127. The number of likely N-dealkylation sites (tertiary alicyclic amines) is 2. The van der Waals surface area contributed by atoms with Crippen molar-refractivity contribution in [3.8, 4) is 12.1 Å². The van der Waals surface area contributed by atoms with Crippen LogP contribution in [-0.2, 0) is 47.6 Å². The van der Waals surface area contributed by atoms with Crippen molar-refractivity contribution in [1.29, 1.82) is 10.5 Å². The number of alkyl carbamates (subject to hydrolysis) is 2. The summed E-state index contributed by atoms with van der Waals surface area (Å²) in [6.45, 7) is 18.3. The summed E-state index contributed by atoms with van der Waals surface area (Å²) in [5.74, 6) is 1.18. The number of nitrogens with zero attached hydrogens (tertiary/aromatic N) is 13. The number of amides is 4. The molecule has 30 heteroatoms. The molecule has 0 saturated carbocycles. The zero-order valence-electron chi connectivity index (χ0n) is 55.1. The van der Waals surface area contributed by atoms with Gasteiger partial charge in [-0.1, -0.05) is 26.7 Å². The SMILES string of the molecule is CC(C)(C)OC(=O)NCCCCCC(=O)OCCOC(=O)n1ccnc1.C[C@@H]1CCN(C(=O)CC#N)C[C@@H]1N(C)c1ncnc2[nH]ccc12.C[C@@H]1CCN(C(=O)CC#N)C[C@@H]1N(C)c1ncnc2c1ccn2C(=O)OCCOC(=O)CCCCCNC(=O)OC(C)(C)C. The number of imidazole rings is 1. The Balaban J connectivity index is 0.000000272. The Kier molecular flexibility index (Phi) is 29.5. The zero-order chi connectivity index (χ0) is 68.1. The topological polar surface area (TPSA) is 367 Å². The molecule has 5 aromatic rings. The molecule has 0 bridgehead atoms. The van der Waals surface area contributed by atoms with Gasteiger partial charge in [0.2, 0.25) is 11.8 Å². The van der Waals surface area contributed by atoms with Gasteiger partial charge in [0, 0.05) is 91.0 Å². The normalized spacial score (nSPS) is 16.1. The number of carbonyl (C=O) groups excluding carboxylic acids is 8. The first-order valence-electron chi connectivity index (χ1n) is 31.2. The van der Waals surface area contributed by atoms with Crippen molar-refractivity contribution in [2.45, 2.75) is 156 Å². The van der Waals surface area contributed by atoms with Gasteiger partial charge in [0.1, 0.15) is 86.7 Å². The van der Waals surface area contributed by atoms with Crippen LogP contribution in [0, 0.1) is 34.5 Å². The van der Waals surface area contributed by atoms with Crippen LogP contribution in [0.25, 0.3) is 22.1 Å². The number of nitrogens with one attached hydrogen (secondary N) is 3. The molecule has 2 saturated heterocycles. The van der Waals surface area contributed by atoms with E-state index in [4.69, 9.17) is 38.9 Å². The van der Waals surface area contributed by atoms with E-state index < -0.39 is 41.5 Å². The van der Waals surface area contributed by atoms with Crippen LogP contribution < -0.4 is 20.4 Å². The van der Waals surface area contributed by atoms with Gasteiger partial charge in [-0.2, -0.15) is 10.5 Å². The number of hydrogen-bond acceptors (Lipinski definition) is 23. The predicted molar refractivity (Wildman–Crippen MR) is 340 cm³/mol. The molecule has 2 aliphatic heterocycles. The van der Waals surface area contributed by atoms with Gasteiger partial charge >= 0.3 is 36.3 Å². The Morgan fingerprint density at radius 2 is 1.11 bits per heavy atom. The van der Waals surface area contributed by atoms with Crippen LogP contribution >= 0.6 is 0 Å². The van der Waals surface area contributed by atoms with E-state index in [0.717, 1.165) is 55.5 Å². The number of piperidine rings is 2. The number of unbranched alkanes of at least 4 members (excludes halogenated alkanes) is 4. The Morgan fingerprint density at radius 1 is 0.624 bits per heavy atom. The number of fused-ring (bicyclic) bond motifs is 2. The molecule has 3 N–H and O–H groups in total. The molecule has 7 rings (SSSR count). The summed E-state index contributed by atoms with van der Waals surface area (Å²) in [5, 5.41) is 24.6. The second-order valence-electron chi connectivity index (χ2n) is 24.4. The van der Waals surface area contributed by atoms with Crippen molar-refractivity contribution < 1.29 is 66.8 Å². The standard InChI is InChI=1S/C30H43N7O7.C17H27N3O6.C16H20N6O/c1-21-11-15-36(24(38)10-13-31)19-23(21)35(5)26-22-12-16-37(27(22)34-20-33-26)29(41)43-18-17-42-25(39)9-7-6-8-14-32-28(40)44-30(2,3)4;1-17(2,3)26-15(22)19-8-6-4-5-7-14(21)24-11-12-25-16(23)20-10-9-18-13-20;1-11-5-8-22(14(23)3-6-17)9-13(11)21(2)16-12-4-7-18-15(12)19-10-20-16/h12,16,20-21,23H,6-11,14-15,17-19H2,1-5H3,(H,32,40);9-10,13H,4-8,11-12H2,1-3H3,(H,19,22);4,7,10-11,13H,3,5,8-9H2,1-2H3,(H,18,19,20)/t21-,23+;;11-,13+/m1.1/s1. The second kappa shape index (κ2) is 37.0. The van der Waals surface area contributed by atoms with Gasteiger partial charge in [-0.3, -0.25) is 19.2 Å². The number of rotatable bonds is 24. The average molecular weight is 1300 g/mol. The van der Waals surface area contributed by atoms with Gasteiger partial charge in [-0.15, -0.1) is 0 Å². The third-order valence-electron chi connectivity index (χ3n) is 15.0. The molecule has 7 heterocycles. The number of H-pyrrole nitrogens is 1. The maximum Gasteiger partial charge on any atom is 0.419 e. The molecule has 0 radical (unpaired) electrons. The summed E-state index contributed by atoms with van der Waals surface area (Å²) in [6.07, 6.45) is 14.7. The molecular weight excluding hydrogens is 1200 g/mol. The van der Waals surface area contributed by atoms with Crippen molar-refractivity contribution in [2.24, 2.45) is 11.8 Å². The van der Waals surface area contributed by atoms with Crippen molar-refractivity contribution in [3.63, 3.8) is 0 Å². The van der Waals surface area contributed by atoms with Gasteiger partial charge in [-0.05, 0) is 104 Å². The summed E-state index contributed by atoms with van der Waals surface area (Å²) in [6, 6.07) is 7.69. The first-order chi connectivity index (χ1) is 44.3. The summed E-state index contributed by atoms with van der Waals surface area (Å²) < 4.78 is 33.1. The number of ether oxygens (including phenoxy) is 6. The lowest BCUT2D eigenvalue weighted by Gasteiger charge is -2.42. The molecule has 0 aliphatic carbocycles. The zero-order valence-corrected chi connectivity index (χ0v) is 55.1. The van der Waals surface area contributed by atoms with Gasteiger partial charge in [-0.25, -0.2) is 53.2 Å². The van der Waals surface area contributed by atoms with E-state index in [1.165, 1.54) is 34.2 Å². The fourth-order valence-corrected chi connectivity index (χ4v) is 10.1. The Bertz CT molecular complexity index is 3330. The highest BCUT2D eigenvalue weighted by Gasteiger charge is 2.35. The fraction of sp³-hybridized carbons (Fsp3) is 0.603. The van der Waals surface area contributed by atoms with Crippen LogP contribution in [0.5, 0.6) is 0 Å². The average Bonchev–Trinajstić information content (AvgIpc) is 1.74. The highest BCUT2D eigenvalue weighted by Crippen LogP contribution is 2.31. The highest BCUT2D eigenvalue weighted by atomic mass is 16.6. The van der Waals surface area contributed by atoms with E-state index in [-0.39, 0.29) is 87.9 Å². The molecule has 0 aromatic carbocycles. The third kappa shape index (κ3) is 24.8. The first kappa shape index (κ1) is 74.1. The predicted octanol–water partition coefficient (Wildman–Crippen LogP) is 7.67. The molecule has 0 spiro atoms. The van der Waals surface area contributed by atoms with E-state index in [2.05, 4.69) is 59.3 Å². The van der Waals surface area contributed by atoms with Gasteiger partial charge in [0.05, 0.1) is 35.0 Å². The number of carbonyl (C=O) groups is 8. The lowest BCUT2D eigenvalue weighted by molar-refractivity contribution is -0.145. The quantitative estimate of drug-likeness (QED) is 0.0303. The monoisotopic (exact) mass is 1290 g/mol. The van der Waals surface area contributed by atoms with Crippen molar-refractivity contribution >= 4 is 81.8 Å². The molecule has 0 unspecified atom stereocenters. The molecule has 5 aromatic heterocycles. The van der Waals surface area contributed by atoms with E-state index in [0.29, 0.717) is 74.8 Å². The largest absolute Gasteiger partial charge is 0.462 e. The molecular formula is C63H90N16O14. The second-order valence-corrected chi connectivity index (χ2v) is 24.4. The van der Waals surface area contributed by atoms with Crippen molar-refractivity contribution in [2.75, 3.05) is 89.6 Å². The Hall–Kier alpha value is -9.61. The van der Waals surface area contributed by atoms with Gasteiger partial charge in [0.15, 0.2) is 5.65 Å². The first-order valence-corrected chi connectivity index (χ1v) is 31.2. The fourth-order valence-electron chi connectivity index (χ4n) is 10.1. The molecule has 2 aliphatic rings. The number of aromatic amines is 1. The van der Waals surface area contributed by atoms with Crippen LogP contribution in [0.3, 0.4) is 0 Å². The highest BCUT2D eigenvalue weighted by molar-refractivity contribution is 5.93. The number of esters is 2. The van der Waals surface area contributed by atoms with Crippen molar-refractivity contribution in [1.82, 2.24) is 59.5 Å². The van der Waals surface area contributed by atoms with Gasteiger partial charge < -0.3 is 63.6 Å². The number of likely N-dealkylation sites (N-methyl/N-ethyl adjacent to an activating group) is 2. The van der Waals surface area contributed by atoms with Crippen LogP contribution in [-0.4, -0.2) is 200 Å². The minimum atomic E-state index is -0.667. The minimum absolute atomic E-state index is 0.0113. The van der Waals surface area contributed by atoms with Crippen LogP contribution in [0.15, 0.2) is 55.9 Å². The van der Waals surface area contributed by atoms with Crippen LogP contribution in [0.4, 0.5) is 30.8 Å². The molecule has 93 heavy (non-hydrogen) atoms. The number of anilines is 2. The van der Waals surface area contributed by atoms with E-state index in [9.17, 15) is 38.4 Å². The third-order valence-corrected chi connectivity index (χ3v) is 15.0. The lowest BCUT2D eigenvalue weighted by Crippen LogP contribution is -2.52. The van der Waals surface area contributed by atoms with Crippen LogP contribution in [0.2, 0.25) is 0 Å². The minimum Gasteiger partial charge on any atom is -0.462 e. The van der Waals surface area contributed by atoms with E-state index in [1.54, 1.807) is 69.9 Å². The Labute approximate surface area is 541 Å². The van der Waals surface area contributed by atoms with Crippen molar-refractivity contribution in [3.05, 3.63) is 55.9 Å². The number of nitriles is 2. The summed E-state index contributed by atoms with van der Waals surface area (Å²) in [7, 11) is 3.90. The Morgan fingerprint density at radius 3 is 1.59 bits per heavy atom.